The molecule has 0 spiro atoms. The van der Waals surface area contributed by atoms with Crippen LogP contribution in [0.3, 0.4) is 0 Å². The lowest BCUT2D eigenvalue weighted by Crippen LogP contribution is -1.87. The maximum Gasteiger partial charge on any atom is 0.125 e. The Morgan fingerprint density at radius 3 is 2.33 bits per heavy atom. The monoisotopic (exact) mass is 254 g/mol. The number of carbonyl (C=O) groups is 1. The minimum atomic E-state index is -0.0590. The SMILES string of the molecule is CC[C@@H]1[C@H](C=O)C1(Br)Br. The molecule has 0 N–H and O–H groups in total. The van der Waals surface area contributed by atoms with Crippen molar-refractivity contribution in [1.29, 1.82) is 0 Å². The van der Waals surface area contributed by atoms with E-state index in [0.717, 1.165) is 12.7 Å². The van der Waals surface area contributed by atoms with Gasteiger partial charge in [-0.3, -0.25) is 0 Å². The summed E-state index contributed by atoms with van der Waals surface area (Å²) in [5, 5.41) is 0. The van der Waals surface area contributed by atoms with E-state index in [1.807, 2.05) is 0 Å². The van der Waals surface area contributed by atoms with E-state index in [9.17, 15) is 4.79 Å². The van der Waals surface area contributed by atoms with Gasteiger partial charge in [-0.25, -0.2) is 0 Å². The summed E-state index contributed by atoms with van der Waals surface area (Å²) in [6.45, 7) is 2.09. The molecule has 0 aromatic rings. The summed E-state index contributed by atoms with van der Waals surface area (Å²) < 4.78 is -0.0590. The molecular formula is C6H8Br2O. The molecule has 0 saturated heterocycles. The van der Waals surface area contributed by atoms with Crippen LogP contribution in [0.4, 0.5) is 0 Å². The number of aldehydes is 1. The van der Waals surface area contributed by atoms with Crippen molar-refractivity contribution in [3.63, 3.8) is 0 Å². The van der Waals surface area contributed by atoms with Gasteiger partial charge in [0.05, 0.1) is 3.23 Å². The minimum absolute atomic E-state index is 0.0590. The number of hydrogen-bond acceptors (Lipinski definition) is 1. The lowest BCUT2D eigenvalue weighted by molar-refractivity contribution is -0.109. The topological polar surface area (TPSA) is 17.1 Å². The van der Waals surface area contributed by atoms with Crippen LogP contribution in [0.2, 0.25) is 0 Å². The number of carbonyl (C=O) groups excluding carboxylic acids is 1. The van der Waals surface area contributed by atoms with Gasteiger partial charge in [0.1, 0.15) is 6.29 Å². The Hall–Kier alpha value is 0.630. The van der Waals surface area contributed by atoms with Crippen molar-refractivity contribution < 1.29 is 4.79 Å². The second-order valence-corrected chi connectivity index (χ2v) is 6.04. The average molecular weight is 256 g/mol. The van der Waals surface area contributed by atoms with Gasteiger partial charge in [-0.2, -0.15) is 0 Å². The van der Waals surface area contributed by atoms with Gasteiger partial charge in [0.15, 0.2) is 0 Å². The molecule has 1 aliphatic rings. The first kappa shape index (κ1) is 7.73. The van der Waals surface area contributed by atoms with Crippen LogP contribution < -0.4 is 0 Å². The largest absolute Gasteiger partial charge is 0.303 e. The first-order chi connectivity index (χ1) is 4.14. The van der Waals surface area contributed by atoms with Gasteiger partial charge in [-0.05, 0) is 5.92 Å². The minimum Gasteiger partial charge on any atom is -0.303 e. The quantitative estimate of drug-likeness (QED) is 0.547. The van der Waals surface area contributed by atoms with Crippen LogP contribution in [-0.4, -0.2) is 9.52 Å². The maximum atomic E-state index is 10.3. The van der Waals surface area contributed by atoms with Crippen molar-refractivity contribution in [1.82, 2.24) is 0 Å². The fourth-order valence-electron chi connectivity index (χ4n) is 1.13. The molecule has 1 fully saturated rings. The average Bonchev–Trinajstić information content (AvgIpc) is 2.32. The van der Waals surface area contributed by atoms with Crippen LogP contribution >= 0.6 is 31.9 Å². The van der Waals surface area contributed by atoms with Gasteiger partial charge >= 0.3 is 0 Å². The van der Waals surface area contributed by atoms with Gasteiger partial charge in [0, 0.05) is 5.92 Å². The van der Waals surface area contributed by atoms with Crippen molar-refractivity contribution >= 4 is 38.1 Å². The molecule has 1 aliphatic carbocycles. The number of hydrogen-bond donors (Lipinski definition) is 0. The Kier molecular flexibility index (Phi) is 2.02. The Morgan fingerprint density at radius 1 is 1.67 bits per heavy atom. The van der Waals surface area contributed by atoms with E-state index in [-0.39, 0.29) is 9.15 Å². The van der Waals surface area contributed by atoms with Gasteiger partial charge in [-0.1, -0.05) is 45.2 Å². The predicted molar refractivity (Wildman–Crippen MR) is 43.9 cm³/mol. The molecule has 0 aliphatic heterocycles. The first-order valence-corrected chi connectivity index (χ1v) is 4.56. The highest BCUT2D eigenvalue weighted by molar-refractivity contribution is 9.25. The second kappa shape index (κ2) is 2.35. The predicted octanol–water partition coefficient (Wildman–Crippen LogP) is 2.33. The van der Waals surface area contributed by atoms with Crippen LogP contribution in [0.25, 0.3) is 0 Å². The van der Waals surface area contributed by atoms with Crippen LogP contribution in [-0.2, 0) is 4.79 Å². The summed E-state index contributed by atoms with van der Waals surface area (Å²) in [5.74, 6) is 0.678. The molecule has 1 saturated carbocycles. The smallest absolute Gasteiger partial charge is 0.125 e. The third-order valence-electron chi connectivity index (χ3n) is 1.85. The fraction of sp³-hybridized carbons (Fsp3) is 0.833. The summed E-state index contributed by atoms with van der Waals surface area (Å²) in [5.41, 5.74) is 0. The summed E-state index contributed by atoms with van der Waals surface area (Å²) in [6.07, 6.45) is 2.07. The van der Waals surface area contributed by atoms with Crippen molar-refractivity contribution in [2.75, 3.05) is 0 Å². The van der Waals surface area contributed by atoms with Gasteiger partial charge < -0.3 is 4.79 Å². The molecule has 52 valence electrons. The molecule has 1 nitrogen and oxygen atoms in total. The summed E-state index contributed by atoms with van der Waals surface area (Å²) >= 11 is 6.85. The molecule has 0 radical (unpaired) electrons. The number of alkyl halides is 2. The Labute approximate surface area is 71.5 Å². The normalized spacial score (nSPS) is 38.1. The molecule has 0 amide bonds. The molecular weight excluding hydrogens is 248 g/mol. The van der Waals surface area contributed by atoms with Gasteiger partial charge in [0.25, 0.3) is 0 Å². The van der Waals surface area contributed by atoms with Crippen LogP contribution in [0.1, 0.15) is 13.3 Å². The van der Waals surface area contributed by atoms with E-state index in [1.54, 1.807) is 0 Å². The third kappa shape index (κ3) is 1.09. The zero-order chi connectivity index (χ0) is 7.07. The lowest BCUT2D eigenvalue weighted by Gasteiger charge is -1.90. The van der Waals surface area contributed by atoms with E-state index in [0.29, 0.717) is 5.92 Å². The summed E-state index contributed by atoms with van der Waals surface area (Å²) in [4.78, 5) is 10.3. The van der Waals surface area contributed by atoms with E-state index in [4.69, 9.17) is 0 Å². The summed E-state index contributed by atoms with van der Waals surface area (Å²) in [6, 6.07) is 0. The molecule has 0 heterocycles. The van der Waals surface area contributed by atoms with Gasteiger partial charge in [0.2, 0.25) is 0 Å². The van der Waals surface area contributed by atoms with Gasteiger partial charge in [-0.15, -0.1) is 0 Å². The van der Waals surface area contributed by atoms with Crippen molar-refractivity contribution in [2.45, 2.75) is 16.6 Å². The van der Waals surface area contributed by atoms with E-state index >= 15 is 0 Å². The van der Waals surface area contributed by atoms with Crippen molar-refractivity contribution in [3.05, 3.63) is 0 Å². The summed E-state index contributed by atoms with van der Waals surface area (Å²) in [7, 11) is 0. The Morgan fingerprint density at radius 2 is 2.22 bits per heavy atom. The molecule has 0 bridgehead atoms. The lowest BCUT2D eigenvalue weighted by atomic mass is 10.3. The molecule has 9 heavy (non-hydrogen) atoms. The molecule has 3 heteroatoms. The van der Waals surface area contributed by atoms with Crippen LogP contribution in [0, 0.1) is 11.8 Å². The van der Waals surface area contributed by atoms with E-state index < -0.39 is 0 Å². The molecule has 0 unspecified atom stereocenters. The number of rotatable bonds is 2. The molecule has 0 aromatic carbocycles. The van der Waals surface area contributed by atoms with Crippen molar-refractivity contribution in [2.24, 2.45) is 11.8 Å². The third-order valence-corrected chi connectivity index (χ3v) is 4.08. The highest BCUT2D eigenvalue weighted by Crippen LogP contribution is 2.62. The van der Waals surface area contributed by atoms with E-state index in [1.165, 1.54) is 0 Å². The highest BCUT2D eigenvalue weighted by atomic mass is 79.9. The molecule has 1 rings (SSSR count). The van der Waals surface area contributed by atoms with Crippen molar-refractivity contribution in [3.8, 4) is 0 Å². The zero-order valence-corrected chi connectivity index (χ0v) is 8.28. The fourth-order valence-corrected chi connectivity index (χ4v) is 2.93. The van der Waals surface area contributed by atoms with Crippen LogP contribution in [0.5, 0.6) is 0 Å². The highest BCUT2D eigenvalue weighted by Gasteiger charge is 2.60. The van der Waals surface area contributed by atoms with E-state index in [2.05, 4.69) is 38.8 Å². The zero-order valence-electron chi connectivity index (χ0n) is 5.10. The Bertz CT molecular complexity index is 133. The number of halogens is 2. The molecule has 2 atom stereocenters. The Balaban J connectivity index is 2.54. The molecule has 0 aromatic heterocycles. The second-order valence-electron chi connectivity index (χ2n) is 2.35. The first-order valence-electron chi connectivity index (χ1n) is 2.97. The maximum absolute atomic E-state index is 10.3. The standard InChI is InChI=1S/C6H8Br2O/c1-2-4-5(3-9)6(4,7)8/h3-5H,2H2,1H3/t4-,5+/m1/s1. The van der Waals surface area contributed by atoms with Crippen LogP contribution in [0.15, 0.2) is 0 Å².